The van der Waals surface area contributed by atoms with Crippen LogP contribution in [0.2, 0.25) is 0 Å². The van der Waals surface area contributed by atoms with Crippen LogP contribution in [-0.2, 0) is 9.59 Å². The Labute approximate surface area is 137 Å². The molecule has 2 heterocycles. The van der Waals surface area contributed by atoms with Crippen LogP contribution in [0.3, 0.4) is 0 Å². The van der Waals surface area contributed by atoms with Crippen molar-refractivity contribution in [2.45, 2.75) is 32.2 Å². The molecule has 116 valence electrons. The minimum Gasteiger partial charge on any atom is -0.320 e. The third-order valence-corrected chi connectivity index (χ3v) is 6.00. The predicted octanol–water partition coefficient (Wildman–Crippen LogP) is 1.96. The molecule has 2 amide bonds. The molecular formula is C14H16N4O2S2. The second-order valence-corrected chi connectivity index (χ2v) is 7.30. The molecular weight excluding hydrogens is 320 g/mol. The molecule has 2 fully saturated rings. The first kappa shape index (κ1) is 15.3. The third kappa shape index (κ3) is 2.71. The zero-order valence-corrected chi connectivity index (χ0v) is 13.8. The van der Waals surface area contributed by atoms with Gasteiger partial charge in [-0.25, -0.2) is 0 Å². The molecule has 1 aromatic rings. The zero-order chi connectivity index (χ0) is 15.7. The normalized spacial score (nSPS) is 21.3. The molecule has 1 unspecified atom stereocenters. The number of rotatable bonds is 3. The van der Waals surface area contributed by atoms with Crippen LogP contribution in [0.1, 0.15) is 30.5 Å². The van der Waals surface area contributed by atoms with Gasteiger partial charge in [0.2, 0.25) is 11.8 Å². The van der Waals surface area contributed by atoms with Crippen LogP contribution in [-0.4, -0.2) is 38.8 Å². The number of amides is 2. The zero-order valence-electron chi connectivity index (χ0n) is 12.2. The molecule has 6 nitrogen and oxygen atoms in total. The van der Waals surface area contributed by atoms with E-state index in [-0.39, 0.29) is 17.7 Å². The van der Waals surface area contributed by atoms with Crippen LogP contribution in [0.15, 0.2) is 0 Å². The highest BCUT2D eigenvalue weighted by Gasteiger charge is 2.39. The summed E-state index contributed by atoms with van der Waals surface area (Å²) in [6.07, 6.45) is 2.96. The summed E-state index contributed by atoms with van der Waals surface area (Å²) in [6, 6.07) is 1.61. The lowest BCUT2D eigenvalue weighted by Crippen LogP contribution is -2.47. The summed E-state index contributed by atoms with van der Waals surface area (Å²) in [4.78, 5) is 26.6. The summed E-state index contributed by atoms with van der Waals surface area (Å²) in [5, 5.41) is 12.4. The van der Waals surface area contributed by atoms with Gasteiger partial charge in [-0.05, 0) is 31.3 Å². The predicted molar refractivity (Wildman–Crippen MR) is 85.5 cm³/mol. The highest BCUT2D eigenvalue weighted by Crippen LogP contribution is 2.33. The van der Waals surface area contributed by atoms with Crippen LogP contribution < -0.4 is 5.32 Å². The van der Waals surface area contributed by atoms with E-state index in [9.17, 15) is 9.59 Å². The van der Waals surface area contributed by atoms with Gasteiger partial charge < -0.3 is 10.2 Å². The van der Waals surface area contributed by atoms with E-state index in [2.05, 4.69) is 15.8 Å². The van der Waals surface area contributed by atoms with Gasteiger partial charge in [0.25, 0.3) is 0 Å². The first-order valence-electron chi connectivity index (χ1n) is 7.17. The molecule has 22 heavy (non-hydrogen) atoms. The van der Waals surface area contributed by atoms with Crippen molar-refractivity contribution in [3.63, 3.8) is 0 Å². The average molecular weight is 336 g/mol. The first-order chi connectivity index (χ1) is 10.6. The Bertz CT molecular complexity index is 648. The van der Waals surface area contributed by atoms with Crippen LogP contribution in [0.5, 0.6) is 0 Å². The molecule has 0 bridgehead atoms. The molecule has 1 saturated heterocycles. The molecule has 2 aliphatic rings. The van der Waals surface area contributed by atoms with Crippen molar-refractivity contribution in [3.05, 3.63) is 11.3 Å². The quantitative estimate of drug-likeness (QED) is 0.912. The van der Waals surface area contributed by atoms with Gasteiger partial charge in [-0.2, -0.15) is 9.64 Å². The highest BCUT2D eigenvalue weighted by molar-refractivity contribution is 7.99. The summed E-state index contributed by atoms with van der Waals surface area (Å²) >= 11 is 2.70. The lowest BCUT2D eigenvalue weighted by molar-refractivity contribution is -0.141. The fourth-order valence-electron chi connectivity index (χ4n) is 2.55. The summed E-state index contributed by atoms with van der Waals surface area (Å²) in [5.74, 6) is 1.13. The Morgan fingerprint density at radius 1 is 1.45 bits per heavy atom. The molecule has 0 aromatic carbocycles. The van der Waals surface area contributed by atoms with E-state index in [0.717, 1.165) is 30.8 Å². The van der Waals surface area contributed by atoms with Crippen LogP contribution in [0, 0.1) is 24.2 Å². The molecule has 8 heteroatoms. The van der Waals surface area contributed by atoms with Gasteiger partial charge in [-0.1, -0.05) is 6.42 Å². The number of carbonyl (C=O) groups is 2. The number of aromatic nitrogens is 1. The Balaban J connectivity index is 1.71. The van der Waals surface area contributed by atoms with Crippen molar-refractivity contribution in [3.8, 4) is 6.07 Å². The Hall–Kier alpha value is -1.59. The fraction of sp³-hybridized carbons (Fsp3) is 0.571. The lowest BCUT2D eigenvalue weighted by Gasteiger charge is -2.31. The van der Waals surface area contributed by atoms with Gasteiger partial charge in [-0.15, -0.1) is 11.8 Å². The smallest absolute Gasteiger partial charge is 0.248 e. The number of carbonyl (C=O) groups excluding carboxylic acids is 2. The molecule has 0 spiro atoms. The van der Waals surface area contributed by atoms with E-state index in [4.69, 9.17) is 5.26 Å². The monoisotopic (exact) mass is 336 g/mol. The molecule has 3 rings (SSSR count). The number of nitrogens with one attached hydrogen (secondary N) is 1. The van der Waals surface area contributed by atoms with E-state index in [1.54, 1.807) is 23.6 Å². The highest BCUT2D eigenvalue weighted by atomic mass is 32.2. The van der Waals surface area contributed by atoms with Crippen molar-refractivity contribution in [2.75, 3.05) is 16.9 Å². The van der Waals surface area contributed by atoms with Crippen LogP contribution in [0.25, 0.3) is 0 Å². The van der Waals surface area contributed by atoms with Gasteiger partial charge in [0.1, 0.15) is 22.7 Å². The number of anilines is 1. The standard InChI is InChI=1S/C14H16N4O2S2/c1-8-10(5-15)13(22-17-8)16-12(19)11-6-21-7-18(11)14(20)9-3-2-4-9/h9,11H,2-4,6-7H2,1H3,(H,16,19). The van der Waals surface area contributed by atoms with Gasteiger partial charge in [0, 0.05) is 11.7 Å². The van der Waals surface area contributed by atoms with Gasteiger partial charge in [0.05, 0.1) is 11.6 Å². The van der Waals surface area contributed by atoms with Gasteiger partial charge >= 0.3 is 0 Å². The number of thioether (sulfide) groups is 1. The molecule has 1 aliphatic carbocycles. The molecule has 1 aromatic heterocycles. The minimum atomic E-state index is -0.452. The van der Waals surface area contributed by atoms with Gasteiger partial charge in [-0.3, -0.25) is 9.59 Å². The topological polar surface area (TPSA) is 86.1 Å². The van der Waals surface area contributed by atoms with Gasteiger partial charge in [0.15, 0.2) is 0 Å². The van der Waals surface area contributed by atoms with Crippen molar-refractivity contribution in [2.24, 2.45) is 5.92 Å². The second kappa shape index (κ2) is 6.26. The first-order valence-corrected chi connectivity index (χ1v) is 9.10. The number of hydrogen-bond acceptors (Lipinski definition) is 6. The number of aryl methyl sites for hydroxylation is 1. The molecule has 1 aliphatic heterocycles. The Kier molecular flexibility index (Phi) is 4.36. The van der Waals surface area contributed by atoms with E-state index in [1.807, 2.05) is 0 Å². The van der Waals surface area contributed by atoms with Crippen molar-refractivity contribution >= 4 is 40.1 Å². The summed E-state index contributed by atoms with van der Waals surface area (Å²) in [6.45, 7) is 1.74. The summed E-state index contributed by atoms with van der Waals surface area (Å²) in [7, 11) is 0. The van der Waals surface area contributed by atoms with Crippen molar-refractivity contribution < 1.29 is 9.59 Å². The maximum absolute atomic E-state index is 12.5. The SMILES string of the molecule is Cc1nsc(NC(=O)C2CSCN2C(=O)C2CCC2)c1C#N. The number of nitrogens with zero attached hydrogens (tertiary/aromatic N) is 3. The maximum atomic E-state index is 12.5. The van der Waals surface area contributed by atoms with Crippen LogP contribution >= 0.6 is 23.3 Å². The van der Waals surface area contributed by atoms with E-state index < -0.39 is 6.04 Å². The molecule has 0 radical (unpaired) electrons. The second-order valence-electron chi connectivity index (χ2n) is 5.52. The molecule has 1 saturated carbocycles. The Morgan fingerprint density at radius 2 is 2.23 bits per heavy atom. The maximum Gasteiger partial charge on any atom is 0.248 e. The molecule has 1 atom stereocenters. The van der Waals surface area contributed by atoms with E-state index in [1.165, 1.54) is 0 Å². The average Bonchev–Trinajstić information content (AvgIpc) is 3.03. The van der Waals surface area contributed by atoms with Crippen LogP contribution in [0.4, 0.5) is 5.00 Å². The summed E-state index contributed by atoms with van der Waals surface area (Å²) in [5.41, 5.74) is 1.02. The fourth-order valence-corrected chi connectivity index (χ4v) is 4.46. The van der Waals surface area contributed by atoms with E-state index in [0.29, 0.717) is 27.9 Å². The van der Waals surface area contributed by atoms with Crippen molar-refractivity contribution in [1.29, 1.82) is 5.26 Å². The summed E-state index contributed by atoms with van der Waals surface area (Å²) < 4.78 is 4.09. The minimum absolute atomic E-state index is 0.0920. The number of nitriles is 1. The Morgan fingerprint density at radius 3 is 2.86 bits per heavy atom. The van der Waals surface area contributed by atoms with Crippen molar-refractivity contribution in [1.82, 2.24) is 9.27 Å². The largest absolute Gasteiger partial charge is 0.320 e. The molecule has 1 N–H and O–H groups in total. The third-order valence-electron chi connectivity index (χ3n) is 4.13. The van der Waals surface area contributed by atoms with E-state index >= 15 is 0 Å². The lowest BCUT2D eigenvalue weighted by atomic mass is 9.84. The number of hydrogen-bond donors (Lipinski definition) is 1.